The quantitative estimate of drug-likeness (QED) is 0.426. The lowest BCUT2D eigenvalue weighted by Gasteiger charge is -2.48. The van der Waals surface area contributed by atoms with Gasteiger partial charge in [0, 0.05) is 11.8 Å². The van der Waals surface area contributed by atoms with Gasteiger partial charge in [0.15, 0.2) is 5.78 Å². The molecular formula is C30H34F3NO. The van der Waals surface area contributed by atoms with Crippen LogP contribution in [0.2, 0.25) is 0 Å². The number of hydrogen-bond donors (Lipinski definition) is 0. The first-order chi connectivity index (χ1) is 16.4. The van der Waals surface area contributed by atoms with Gasteiger partial charge in [-0.25, -0.2) is 4.99 Å². The van der Waals surface area contributed by atoms with Gasteiger partial charge in [0.2, 0.25) is 0 Å². The highest BCUT2D eigenvalue weighted by atomic mass is 19.4. The number of nitrogens with zero attached hydrogens (tertiary/aromatic N) is 1. The number of carbonyl (C=O) groups excluding carboxylic acids is 1. The molecule has 5 heteroatoms. The molecule has 2 nitrogen and oxygen atoms in total. The SMILES string of the molecule is CC1CCC2C(=Nc3ccc(C(F)(F)F)cc3)C(=O)C3CCC(c4ccc(C(C)(C)C)cc4)C1C32. The Morgan fingerprint density at radius 3 is 1.91 bits per heavy atom. The zero-order chi connectivity index (χ0) is 25.1. The van der Waals surface area contributed by atoms with Crippen molar-refractivity contribution in [2.24, 2.45) is 34.6 Å². The molecule has 0 N–H and O–H groups in total. The first-order valence-electron chi connectivity index (χ1n) is 12.9. The molecule has 2 aromatic carbocycles. The summed E-state index contributed by atoms with van der Waals surface area (Å²) < 4.78 is 38.9. The van der Waals surface area contributed by atoms with Crippen molar-refractivity contribution in [3.8, 4) is 0 Å². The van der Waals surface area contributed by atoms with Gasteiger partial charge in [-0.1, -0.05) is 52.0 Å². The average molecular weight is 482 g/mol. The molecule has 186 valence electrons. The summed E-state index contributed by atoms with van der Waals surface area (Å²) in [5.41, 5.74) is 3.15. The van der Waals surface area contributed by atoms with Crippen molar-refractivity contribution in [1.29, 1.82) is 0 Å². The van der Waals surface area contributed by atoms with E-state index in [2.05, 4.69) is 57.0 Å². The molecule has 0 aliphatic heterocycles. The Labute approximate surface area is 206 Å². The summed E-state index contributed by atoms with van der Waals surface area (Å²) >= 11 is 0. The zero-order valence-electron chi connectivity index (χ0n) is 20.9. The highest BCUT2D eigenvalue weighted by molar-refractivity contribution is 6.44. The molecule has 35 heavy (non-hydrogen) atoms. The monoisotopic (exact) mass is 481 g/mol. The fraction of sp³-hybridized carbons (Fsp3) is 0.533. The number of Topliss-reactive ketones (excluding diaryl/α,β-unsaturated/α-hetero) is 1. The van der Waals surface area contributed by atoms with E-state index in [-0.39, 0.29) is 29.0 Å². The Bertz CT molecular complexity index is 1120. The van der Waals surface area contributed by atoms with Gasteiger partial charge in [-0.3, -0.25) is 4.79 Å². The maximum Gasteiger partial charge on any atom is 0.416 e. The average Bonchev–Trinajstić information content (AvgIpc) is 3.07. The van der Waals surface area contributed by atoms with Gasteiger partial charge >= 0.3 is 6.18 Å². The zero-order valence-corrected chi connectivity index (χ0v) is 20.9. The van der Waals surface area contributed by atoms with Crippen LogP contribution in [0.3, 0.4) is 0 Å². The first-order valence-corrected chi connectivity index (χ1v) is 12.9. The molecule has 3 fully saturated rings. The van der Waals surface area contributed by atoms with Crippen molar-refractivity contribution >= 4 is 17.2 Å². The third-order valence-corrected chi connectivity index (χ3v) is 8.81. The molecule has 0 aromatic heterocycles. The van der Waals surface area contributed by atoms with Crippen LogP contribution in [-0.4, -0.2) is 11.5 Å². The van der Waals surface area contributed by atoms with Crippen LogP contribution in [-0.2, 0) is 16.4 Å². The number of aliphatic imine (C=N–C) groups is 1. The van der Waals surface area contributed by atoms with Gasteiger partial charge in [-0.15, -0.1) is 0 Å². The number of halogens is 3. The highest BCUT2D eigenvalue weighted by Crippen LogP contribution is 2.58. The third-order valence-electron chi connectivity index (χ3n) is 8.81. The van der Waals surface area contributed by atoms with Gasteiger partial charge in [0.05, 0.1) is 17.0 Å². The Morgan fingerprint density at radius 2 is 1.31 bits per heavy atom. The molecule has 3 aliphatic rings. The lowest BCUT2D eigenvalue weighted by Crippen LogP contribution is -2.42. The largest absolute Gasteiger partial charge is 0.416 e. The molecule has 0 heterocycles. The summed E-state index contributed by atoms with van der Waals surface area (Å²) in [7, 11) is 0. The molecule has 0 bridgehead atoms. The second kappa shape index (κ2) is 8.60. The Kier molecular flexibility index (Phi) is 5.96. The lowest BCUT2D eigenvalue weighted by atomic mass is 9.56. The summed E-state index contributed by atoms with van der Waals surface area (Å²) in [5, 5.41) is 0. The summed E-state index contributed by atoms with van der Waals surface area (Å²) in [5.74, 6) is 1.89. The van der Waals surface area contributed by atoms with Gasteiger partial charge in [-0.05, 0) is 90.2 Å². The number of carbonyl (C=O) groups is 1. The minimum Gasteiger partial charge on any atom is -0.292 e. The minimum atomic E-state index is -4.38. The van der Waals surface area contributed by atoms with Gasteiger partial charge in [0.1, 0.15) is 0 Å². The normalized spacial score (nSPS) is 32.1. The van der Waals surface area contributed by atoms with E-state index in [1.54, 1.807) is 0 Å². The van der Waals surface area contributed by atoms with E-state index in [1.165, 1.54) is 23.3 Å². The van der Waals surface area contributed by atoms with Gasteiger partial charge < -0.3 is 0 Å². The number of rotatable bonds is 2. The summed E-state index contributed by atoms with van der Waals surface area (Å²) in [6.07, 6.45) is -0.539. The van der Waals surface area contributed by atoms with Crippen LogP contribution in [0.15, 0.2) is 53.5 Å². The topological polar surface area (TPSA) is 29.4 Å². The smallest absolute Gasteiger partial charge is 0.292 e. The van der Waals surface area contributed by atoms with E-state index in [0.29, 0.717) is 29.2 Å². The molecule has 3 aliphatic carbocycles. The predicted octanol–water partition coefficient (Wildman–Crippen LogP) is 8.13. The molecule has 6 atom stereocenters. The van der Waals surface area contributed by atoms with E-state index >= 15 is 0 Å². The molecule has 0 amide bonds. The van der Waals surface area contributed by atoms with Crippen molar-refractivity contribution < 1.29 is 18.0 Å². The van der Waals surface area contributed by atoms with Crippen LogP contribution >= 0.6 is 0 Å². The van der Waals surface area contributed by atoms with E-state index in [1.807, 2.05) is 0 Å². The van der Waals surface area contributed by atoms with Crippen LogP contribution < -0.4 is 0 Å². The first kappa shape index (κ1) is 24.3. The molecule has 5 rings (SSSR count). The number of benzene rings is 2. The maximum absolute atomic E-state index is 13.5. The molecule has 3 saturated carbocycles. The van der Waals surface area contributed by atoms with Crippen LogP contribution in [0.1, 0.15) is 76.0 Å². The minimum absolute atomic E-state index is 0.00829. The van der Waals surface area contributed by atoms with Crippen molar-refractivity contribution in [1.82, 2.24) is 0 Å². The summed E-state index contributed by atoms with van der Waals surface area (Å²) in [4.78, 5) is 18.2. The van der Waals surface area contributed by atoms with Gasteiger partial charge in [0.25, 0.3) is 0 Å². The molecule has 2 aromatic rings. The van der Waals surface area contributed by atoms with E-state index in [0.717, 1.165) is 37.8 Å². The van der Waals surface area contributed by atoms with E-state index in [4.69, 9.17) is 0 Å². The highest BCUT2D eigenvalue weighted by Gasteiger charge is 2.57. The van der Waals surface area contributed by atoms with Crippen molar-refractivity contribution in [3.63, 3.8) is 0 Å². The Hall–Kier alpha value is -2.43. The van der Waals surface area contributed by atoms with Crippen LogP contribution in [0, 0.1) is 29.6 Å². The standard InChI is InChI=1S/C30H34F3NO/c1-17-5-14-23-26-24(28(35)27(23)34-21-12-10-20(11-13-21)30(31,32)33)16-15-22(25(17)26)18-6-8-19(9-7-18)29(2,3)4/h6-13,17,22-26H,5,14-16H2,1-4H3. The molecule has 0 radical (unpaired) electrons. The number of ketones is 1. The van der Waals surface area contributed by atoms with Crippen LogP contribution in [0.25, 0.3) is 0 Å². The molecule has 6 unspecified atom stereocenters. The van der Waals surface area contributed by atoms with Crippen molar-refractivity contribution in [2.75, 3.05) is 0 Å². The van der Waals surface area contributed by atoms with Crippen LogP contribution in [0.5, 0.6) is 0 Å². The molecule has 0 saturated heterocycles. The Balaban J connectivity index is 1.45. The molecular weight excluding hydrogens is 447 g/mol. The van der Waals surface area contributed by atoms with Gasteiger partial charge in [-0.2, -0.15) is 13.2 Å². The second-order valence-corrected chi connectivity index (χ2v) is 11.9. The fourth-order valence-corrected chi connectivity index (χ4v) is 7.05. The Morgan fingerprint density at radius 1 is 0.743 bits per heavy atom. The summed E-state index contributed by atoms with van der Waals surface area (Å²) in [6.45, 7) is 9.00. The van der Waals surface area contributed by atoms with Crippen LogP contribution in [0.4, 0.5) is 18.9 Å². The fourth-order valence-electron chi connectivity index (χ4n) is 7.05. The summed E-state index contributed by atoms with van der Waals surface area (Å²) in [6, 6.07) is 13.9. The van der Waals surface area contributed by atoms with Crippen molar-refractivity contribution in [2.45, 2.75) is 70.9 Å². The third kappa shape index (κ3) is 4.36. The molecule has 0 spiro atoms. The van der Waals surface area contributed by atoms with E-state index < -0.39 is 11.7 Å². The maximum atomic E-state index is 13.5. The second-order valence-electron chi connectivity index (χ2n) is 11.9. The lowest BCUT2D eigenvalue weighted by molar-refractivity contribution is -0.137. The number of alkyl halides is 3. The van der Waals surface area contributed by atoms with Crippen molar-refractivity contribution in [3.05, 3.63) is 65.2 Å². The van der Waals surface area contributed by atoms with E-state index in [9.17, 15) is 18.0 Å². The number of hydrogen-bond acceptors (Lipinski definition) is 2. The predicted molar refractivity (Wildman–Crippen MR) is 133 cm³/mol.